The van der Waals surface area contributed by atoms with Gasteiger partial charge in [0.05, 0.1) is 0 Å². The first-order chi connectivity index (χ1) is 10.8. The molecular weight excluding hydrogens is 270 g/mol. The van der Waals surface area contributed by atoms with Crippen molar-refractivity contribution in [3.8, 4) is 0 Å². The van der Waals surface area contributed by atoms with Crippen LogP contribution in [0.4, 0.5) is 0 Å². The van der Waals surface area contributed by atoms with Crippen LogP contribution in [0.25, 0.3) is 10.9 Å². The molecule has 1 saturated carbocycles. The zero-order valence-corrected chi connectivity index (χ0v) is 13.6. The SMILES string of the molecule is Cn1cc([C@H](C2CCCC2)N2CCNCC2)c2ccccc21. The fourth-order valence-electron chi connectivity index (χ4n) is 4.59. The molecule has 3 heteroatoms. The molecule has 0 amide bonds. The lowest BCUT2D eigenvalue weighted by atomic mass is 9.89. The van der Waals surface area contributed by atoms with E-state index in [0.29, 0.717) is 6.04 Å². The quantitative estimate of drug-likeness (QED) is 0.938. The van der Waals surface area contributed by atoms with Crippen LogP contribution in [0.3, 0.4) is 0 Å². The molecule has 4 rings (SSSR count). The van der Waals surface area contributed by atoms with Gasteiger partial charge < -0.3 is 9.88 Å². The van der Waals surface area contributed by atoms with Gasteiger partial charge >= 0.3 is 0 Å². The van der Waals surface area contributed by atoms with Crippen LogP contribution in [0.1, 0.15) is 37.3 Å². The lowest BCUT2D eigenvalue weighted by molar-refractivity contribution is 0.126. The van der Waals surface area contributed by atoms with E-state index >= 15 is 0 Å². The van der Waals surface area contributed by atoms with Gasteiger partial charge in [-0.3, -0.25) is 4.90 Å². The number of para-hydroxylation sites is 1. The van der Waals surface area contributed by atoms with Gasteiger partial charge in [-0.2, -0.15) is 0 Å². The van der Waals surface area contributed by atoms with Gasteiger partial charge in [-0.15, -0.1) is 0 Å². The highest BCUT2D eigenvalue weighted by Gasteiger charge is 2.33. The van der Waals surface area contributed by atoms with Crippen molar-refractivity contribution in [3.63, 3.8) is 0 Å². The molecule has 22 heavy (non-hydrogen) atoms. The number of nitrogens with zero attached hydrogens (tertiary/aromatic N) is 2. The van der Waals surface area contributed by atoms with Gasteiger partial charge in [0.1, 0.15) is 0 Å². The monoisotopic (exact) mass is 297 g/mol. The zero-order chi connectivity index (χ0) is 14.9. The molecular formula is C19H27N3. The molecule has 2 aromatic rings. The maximum atomic E-state index is 3.51. The van der Waals surface area contributed by atoms with Crippen LogP contribution in [0, 0.1) is 5.92 Å². The zero-order valence-electron chi connectivity index (χ0n) is 13.6. The molecule has 1 aromatic carbocycles. The van der Waals surface area contributed by atoms with Crippen LogP contribution in [0.15, 0.2) is 30.5 Å². The van der Waals surface area contributed by atoms with Gasteiger partial charge in [-0.25, -0.2) is 0 Å². The summed E-state index contributed by atoms with van der Waals surface area (Å²) in [7, 11) is 2.19. The summed E-state index contributed by atoms with van der Waals surface area (Å²) in [5.74, 6) is 0.837. The van der Waals surface area contributed by atoms with E-state index < -0.39 is 0 Å². The molecule has 0 unspecified atom stereocenters. The molecule has 1 aliphatic carbocycles. The molecule has 1 aromatic heterocycles. The molecule has 1 aliphatic heterocycles. The standard InChI is InChI=1S/C19H27N3/c1-21-14-17(16-8-4-5-9-18(16)21)19(15-6-2-3-7-15)22-12-10-20-11-13-22/h4-5,8-9,14-15,19-20H,2-3,6-7,10-13H2,1H3/t19-/m0/s1. The van der Waals surface area contributed by atoms with Crippen LogP contribution in [-0.4, -0.2) is 35.6 Å². The molecule has 1 N–H and O–H groups in total. The molecule has 0 bridgehead atoms. The number of benzene rings is 1. The Kier molecular flexibility index (Phi) is 3.93. The number of rotatable bonds is 3. The molecule has 2 fully saturated rings. The third-order valence-electron chi connectivity index (χ3n) is 5.64. The predicted molar refractivity (Wildman–Crippen MR) is 92.1 cm³/mol. The van der Waals surface area contributed by atoms with Crippen molar-refractivity contribution in [1.29, 1.82) is 0 Å². The van der Waals surface area contributed by atoms with Crippen LogP contribution in [0.2, 0.25) is 0 Å². The Balaban J connectivity index is 1.77. The van der Waals surface area contributed by atoms with E-state index in [1.807, 2.05) is 0 Å². The third kappa shape index (κ3) is 2.46. The molecule has 2 aliphatic rings. The number of hydrogen-bond acceptors (Lipinski definition) is 2. The highest BCUT2D eigenvalue weighted by Crippen LogP contribution is 2.42. The fourth-order valence-corrected chi connectivity index (χ4v) is 4.59. The molecule has 0 spiro atoms. The first-order valence-electron chi connectivity index (χ1n) is 8.83. The summed E-state index contributed by atoms with van der Waals surface area (Å²) >= 11 is 0. The minimum Gasteiger partial charge on any atom is -0.350 e. The van der Waals surface area contributed by atoms with E-state index in [4.69, 9.17) is 0 Å². The van der Waals surface area contributed by atoms with Crippen molar-refractivity contribution in [3.05, 3.63) is 36.0 Å². The molecule has 118 valence electrons. The van der Waals surface area contributed by atoms with Crippen LogP contribution in [0.5, 0.6) is 0 Å². The Hall–Kier alpha value is -1.32. The average molecular weight is 297 g/mol. The van der Waals surface area contributed by atoms with Gasteiger partial charge in [-0.1, -0.05) is 31.0 Å². The van der Waals surface area contributed by atoms with E-state index in [9.17, 15) is 0 Å². The van der Waals surface area contributed by atoms with E-state index in [2.05, 4.69) is 52.3 Å². The highest BCUT2D eigenvalue weighted by atomic mass is 15.2. The highest BCUT2D eigenvalue weighted by molar-refractivity contribution is 5.84. The summed E-state index contributed by atoms with van der Waals surface area (Å²) < 4.78 is 2.31. The van der Waals surface area contributed by atoms with Crippen LogP contribution >= 0.6 is 0 Å². The normalized spacial score (nSPS) is 22.4. The van der Waals surface area contributed by atoms with Gasteiger partial charge in [-0.05, 0) is 30.4 Å². The van der Waals surface area contributed by atoms with Gasteiger partial charge in [0, 0.05) is 56.4 Å². The van der Waals surface area contributed by atoms with Crippen molar-refractivity contribution in [1.82, 2.24) is 14.8 Å². The summed E-state index contributed by atoms with van der Waals surface area (Å²) in [6, 6.07) is 9.52. The minimum atomic E-state index is 0.607. The molecule has 1 saturated heterocycles. The van der Waals surface area contributed by atoms with Crippen molar-refractivity contribution in [2.45, 2.75) is 31.7 Å². The predicted octanol–water partition coefficient (Wildman–Crippen LogP) is 3.31. The van der Waals surface area contributed by atoms with E-state index in [0.717, 1.165) is 19.0 Å². The van der Waals surface area contributed by atoms with Crippen molar-refractivity contribution in [2.75, 3.05) is 26.2 Å². The number of nitrogens with one attached hydrogen (secondary N) is 1. The Morgan fingerprint density at radius 3 is 2.59 bits per heavy atom. The number of piperazine rings is 1. The molecule has 1 atom stereocenters. The van der Waals surface area contributed by atoms with Crippen molar-refractivity contribution < 1.29 is 0 Å². The van der Waals surface area contributed by atoms with Gasteiger partial charge in [0.2, 0.25) is 0 Å². The first-order valence-corrected chi connectivity index (χ1v) is 8.83. The summed E-state index contributed by atoms with van der Waals surface area (Å²) in [5, 5.41) is 4.97. The number of aryl methyl sites for hydroxylation is 1. The number of aromatic nitrogens is 1. The summed E-state index contributed by atoms with van der Waals surface area (Å²) in [6.45, 7) is 4.64. The van der Waals surface area contributed by atoms with Crippen LogP contribution < -0.4 is 5.32 Å². The summed E-state index contributed by atoms with van der Waals surface area (Å²) in [5.41, 5.74) is 2.93. The second kappa shape index (κ2) is 6.05. The summed E-state index contributed by atoms with van der Waals surface area (Å²) in [4.78, 5) is 2.74. The molecule has 0 radical (unpaired) electrons. The summed E-state index contributed by atoms with van der Waals surface area (Å²) in [6.07, 6.45) is 8.03. The Labute approximate surface area is 133 Å². The number of hydrogen-bond donors (Lipinski definition) is 1. The Morgan fingerprint density at radius 2 is 1.82 bits per heavy atom. The fraction of sp³-hybridized carbons (Fsp3) is 0.579. The molecule has 2 heterocycles. The smallest absolute Gasteiger partial charge is 0.0481 e. The van der Waals surface area contributed by atoms with E-state index in [-0.39, 0.29) is 0 Å². The second-order valence-corrected chi connectivity index (χ2v) is 6.99. The molecule has 3 nitrogen and oxygen atoms in total. The first kappa shape index (κ1) is 14.3. The number of fused-ring (bicyclic) bond motifs is 1. The third-order valence-corrected chi connectivity index (χ3v) is 5.64. The average Bonchev–Trinajstić information content (AvgIpc) is 3.19. The maximum Gasteiger partial charge on any atom is 0.0481 e. The van der Waals surface area contributed by atoms with Gasteiger partial charge in [0.15, 0.2) is 0 Å². The second-order valence-electron chi connectivity index (χ2n) is 6.99. The largest absolute Gasteiger partial charge is 0.350 e. The van der Waals surface area contributed by atoms with E-state index in [1.165, 1.54) is 49.7 Å². The lowest BCUT2D eigenvalue weighted by Gasteiger charge is -2.38. The van der Waals surface area contributed by atoms with Crippen molar-refractivity contribution >= 4 is 10.9 Å². The van der Waals surface area contributed by atoms with Gasteiger partial charge in [0.25, 0.3) is 0 Å². The maximum absolute atomic E-state index is 3.51. The topological polar surface area (TPSA) is 20.2 Å². The van der Waals surface area contributed by atoms with Crippen molar-refractivity contribution in [2.24, 2.45) is 13.0 Å². The Bertz CT molecular complexity index is 633. The van der Waals surface area contributed by atoms with Crippen LogP contribution in [-0.2, 0) is 7.05 Å². The van der Waals surface area contributed by atoms with E-state index in [1.54, 1.807) is 5.56 Å². The lowest BCUT2D eigenvalue weighted by Crippen LogP contribution is -2.46. The Morgan fingerprint density at radius 1 is 1.09 bits per heavy atom. The minimum absolute atomic E-state index is 0.607.